The van der Waals surface area contributed by atoms with E-state index in [9.17, 15) is 22.0 Å². The summed E-state index contributed by atoms with van der Waals surface area (Å²) in [7, 11) is -2.52. The summed E-state index contributed by atoms with van der Waals surface area (Å²) in [5, 5.41) is 0.902. The standard InChI is InChI=1S/C26H23ClF2N4O4S2/c1-37-22-8-6-19(27)24-23(22)31-26(38-24)33(15-17-4-2-3-11-30-17)25(34)16-9-12-32(13-10-16)39(35,36)18-5-7-20(28)21(29)14-18/h2-8,11,14,16H,9-10,12-13,15H2,1H3. The van der Waals surface area contributed by atoms with Gasteiger partial charge in [0.25, 0.3) is 0 Å². The first kappa shape index (κ1) is 27.4. The van der Waals surface area contributed by atoms with Crippen molar-refractivity contribution in [2.24, 2.45) is 5.92 Å². The number of carbonyl (C=O) groups is 1. The molecule has 0 spiro atoms. The number of rotatable bonds is 7. The van der Waals surface area contributed by atoms with Crippen LogP contribution < -0.4 is 9.64 Å². The Bertz CT molecular complexity index is 1630. The number of benzene rings is 2. The van der Waals surface area contributed by atoms with E-state index in [4.69, 9.17) is 16.3 Å². The van der Waals surface area contributed by atoms with Gasteiger partial charge in [0.2, 0.25) is 15.9 Å². The van der Waals surface area contributed by atoms with Crippen molar-refractivity contribution in [3.63, 3.8) is 0 Å². The van der Waals surface area contributed by atoms with Gasteiger partial charge in [0, 0.05) is 25.2 Å². The Morgan fingerprint density at radius 3 is 2.59 bits per heavy atom. The number of halogens is 3. The predicted molar refractivity (Wildman–Crippen MR) is 144 cm³/mol. The largest absolute Gasteiger partial charge is 0.494 e. The summed E-state index contributed by atoms with van der Waals surface area (Å²) in [5.41, 5.74) is 1.19. The molecule has 0 unspecified atom stereocenters. The Balaban J connectivity index is 1.40. The first-order chi connectivity index (χ1) is 18.7. The molecule has 5 rings (SSSR count). The van der Waals surface area contributed by atoms with E-state index in [1.54, 1.807) is 35.4 Å². The van der Waals surface area contributed by atoms with E-state index >= 15 is 0 Å². The number of amides is 1. The van der Waals surface area contributed by atoms with Gasteiger partial charge in [-0.3, -0.25) is 14.7 Å². The zero-order valence-electron chi connectivity index (χ0n) is 20.7. The van der Waals surface area contributed by atoms with Crippen molar-refractivity contribution in [2.45, 2.75) is 24.3 Å². The maximum atomic E-state index is 13.9. The number of carbonyl (C=O) groups excluding carboxylic acids is 1. The fraction of sp³-hybridized carbons (Fsp3) is 0.269. The minimum atomic E-state index is -4.05. The second-order valence-electron chi connectivity index (χ2n) is 8.92. The van der Waals surface area contributed by atoms with Gasteiger partial charge in [-0.1, -0.05) is 29.0 Å². The third-order valence-electron chi connectivity index (χ3n) is 6.54. The van der Waals surface area contributed by atoms with Crippen molar-refractivity contribution in [1.82, 2.24) is 14.3 Å². The second kappa shape index (κ2) is 11.1. The zero-order chi connectivity index (χ0) is 27.7. The van der Waals surface area contributed by atoms with Crippen LogP contribution in [0.2, 0.25) is 5.02 Å². The van der Waals surface area contributed by atoms with E-state index < -0.39 is 27.6 Å². The predicted octanol–water partition coefficient (Wildman–Crippen LogP) is 5.27. The number of piperidine rings is 1. The smallest absolute Gasteiger partial charge is 0.243 e. The normalized spacial score (nSPS) is 15.0. The van der Waals surface area contributed by atoms with E-state index in [0.717, 1.165) is 12.1 Å². The highest BCUT2D eigenvalue weighted by molar-refractivity contribution is 7.89. The Morgan fingerprint density at radius 2 is 1.92 bits per heavy atom. The lowest BCUT2D eigenvalue weighted by atomic mass is 9.96. The molecule has 0 N–H and O–H groups in total. The quantitative estimate of drug-likeness (QED) is 0.290. The third kappa shape index (κ3) is 5.46. The molecule has 8 nitrogen and oxygen atoms in total. The van der Waals surface area contributed by atoms with Crippen LogP contribution in [0.1, 0.15) is 18.5 Å². The lowest BCUT2D eigenvalue weighted by molar-refractivity contribution is -0.123. The van der Waals surface area contributed by atoms with Crippen LogP contribution in [0.3, 0.4) is 0 Å². The molecule has 0 atom stereocenters. The summed E-state index contributed by atoms with van der Waals surface area (Å²) < 4.78 is 60.3. The van der Waals surface area contributed by atoms with Crippen molar-refractivity contribution in [3.8, 4) is 5.75 Å². The van der Waals surface area contributed by atoms with Gasteiger partial charge in [-0.25, -0.2) is 22.2 Å². The summed E-state index contributed by atoms with van der Waals surface area (Å²) in [6, 6.07) is 11.3. The lowest BCUT2D eigenvalue weighted by Gasteiger charge is -2.33. The number of ether oxygens (including phenoxy) is 1. The van der Waals surface area contributed by atoms with Crippen molar-refractivity contribution >= 4 is 54.2 Å². The van der Waals surface area contributed by atoms with Crippen LogP contribution >= 0.6 is 22.9 Å². The first-order valence-corrected chi connectivity index (χ1v) is 14.6. The van der Waals surface area contributed by atoms with Gasteiger partial charge in [-0.15, -0.1) is 0 Å². The Kier molecular flexibility index (Phi) is 7.81. The molecule has 0 aliphatic carbocycles. The number of aromatic nitrogens is 2. The number of fused-ring (bicyclic) bond motifs is 1. The topological polar surface area (TPSA) is 92.7 Å². The number of methoxy groups -OCH3 is 1. The van der Waals surface area contributed by atoms with Gasteiger partial charge >= 0.3 is 0 Å². The lowest BCUT2D eigenvalue weighted by Crippen LogP contribution is -2.44. The second-order valence-corrected chi connectivity index (χ2v) is 12.2. The number of anilines is 1. The monoisotopic (exact) mass is 592 g/mol. The number of sulfonamides is 1. The fourth-order valence-corrected chi connectivity index (χ4v) is 7.21. The maximum absolute atomic E-state index is 13.9. The van der Waals surface area contributed by atoms with Crippen LogP contribution in [0.25, 0.3) is 10.2 Å². The SMILES string of the molecule is COc1ccc(Cl)c2sc(N(Cc3ccccn3)C(=O)C3CCN(S(=O)(=O)c4ccc(F)c(F)c4)CC3)nc12. The van der Waals surface area contributed by atoms with Gasteiger partial charge in [0.1, 0.15) is 11.3 Å². The molecule has 0 bridgehead atoms. The van der Waals surface area contributed by atoms with Crippen LogP contribution in [-0.4, -0.2) is 48.8 Å². The average Bonchev–Trinajstić information content (AvgIpc) is 3.40. The highest BCUT2D eigenvalue weighted by atomic mass is 35.5. The summed E-state index contributed by atoms with van der Waals surface area (Å²) in [4.78, 5) is 24.1. The van der Waals surface area contributed by atoms with Crippen LogP contribution in [0.15, 0.2) is 59.6 Å². The Morgan fingerprint density at radius 1 is 1.15 bits per heavy atom. The molecule has 1 amide bonds. The van der Waals surface area contributed by atoms with Gasteiger partial charge in [-0.2, -0.15) is 4.31 Å². The maximum Gasteiger partial charge on any atom is 0.243 e. The molecule has 1 fully saturated rings. The first-order valence-electron chi connectivity index (χ1n) is 12.0. The number of nitrogens with zero attached hydrogens (tertiary/aromatic N) is 4. The molecule has 0 radical (unpaired) electrons. The van der Waals surface area contributed by atoms with Gasteiger partial charge in [-0.05, 0) is 55.3 Å². The number of hydrogen-bond acceptors (Lipinski definition) is 7. The molecule has 4 aromatic rings. The molecular weight excluding hydrogens is 570 g/mol. The van der Waals surface area contributed by atoms with Crippen molar-refractivity contribution in [2.75, 3.05) is 25.1 Å². The fourth-order valence-electron chi connectivity index (χ4n) is 4.46. The molecule has 0 saturated carbocycles. The van der Waals surface area contributed by atoms with Crippen LogP contribution in [-0.2, 0) is 21.4 Å². The molecule has 1 aliphatic rings. The third-order valence-corrected chi connectivity index (χ3v) is 9.98. The van der Waals surface area contributed by atoms with E-state index in [-0.39, 0.29) is 43.3 Å². The Labute approximate surface area is 232 Å². The van der Waals surface area contributed by atoms with E-state index in [0.29, 0.717) is 37.9 Å². The minimum absolute atomic E-state index is 0.0503. The molecular formula is C26H23ClF2N4O4S2. The molecule has 2 aromatic heterocycles. The highest BCUT2D eigenvalue weighted by Gasteiger charge is 2.35. The van der Waals surface area contributed by atoms with Crippen LogP contribution in [0, 0.1) is 17.6 Å². The number of pyridine rings is 1. The number of thiazole rings is 1. The average molecular weight is 593 g/mol. The summed E-state index contributed by atoms with van der Waals surface area (Å²) in [5.74, 6) is -2.55. The van der Waals surface area contributed by atoms with E-state index in [1.165, 1.54) is 22.8 Å². The van der Waals surface area contributed by atoms with Gasteiger partial charge in [0.15, 0.2) is 16.8 Å². The molecule has 13 heteroatoms. The van der Waals surface area contributed by atoms with Gasteiger partial charge < -0.3 is 4.74 Å². The highest BCUT2D eigenvalue weighted by Crippen LogP contribution is 2.40. The minimum Gasteiger partial charge on any atom is -0.494 e. The molecule has 1 aliphatic heterocycles. The molecule has 204 valence electrons. The van der Waals surface area contributed by atoms with Crippen molar-refractivity contribution in [3.05, 3.63) is 77.1 Å². The van der Waals surface area contributed by atoms with Crippen molar-refractivity contribution < 1.29 is 26.7 Å². The summed E-state index contributed by atoms with van der Waals surface area (Å²) in [6.07, 6.45) is 2.13. The van der Waals surface area contributed by atoms with Crippen molar-refractivity contribution in [1.29, 1.82) is 0 Å². The van der Waals surface area contributed by atoms with Gasteiger partial charge in [0.05, 0.1) is 34.0 Å². The molecule has 1 saturated heterocycles. The summed E-state index contributed by atoms with van der Waals surface area (Å²) >= 11 is 7.67. The molecule has 39 heavy (non-hydrogen) atoms. The number of hydrogen-bond donors (Lipinski definition) is 0. The van der Waals surface area contributed by atoms with E-state index in [1.807, 2.05) is 6.07 Å². The van der Waals surface area contributed by atoms with Crippen LogP contribution in [0.5, 0.6) is 5.75 Å². The van der Waals surface area contributed by atoms with E-state index in [2.05, 4.69) is 9.97 Å². The zero-order valence-corrected chi connectivity index (χ0v) is 23.1. The molecule has 3 heterocycles. The summed E-state index contributed by atoms with van der Waals surface area (Å²) in [6.45, 7) is 0.260. The Hall–Kier alpha value is -3.19. The van der Waals surface area contributed by atoms with Crippen LogP contribution in [0.4, 0.5) is 13.9 Å². The molecule has 2 aromatic carbocycles.